The minimum absolute atomic E-state index is 0.0785. The Morgan fingerprint density at radius 2 is 1.89 bits per heavy atom. The minimum atomic E-state index is -0.0785. The first-order chi connectivity index (χ1) is 9.24. The normalized spacial score (nSPS) is 14.2. The molecule has 0 aromatic heterocycles. The van der Waals surface area contributed by atoms with Crippen LogP contribution in [-0.4, -0.2) is 6.79 Å². The highest BCUT2D eigenvalue weighted by atomic mass is 16.7. The summed E-state index contributed by atoms with van der Waals surface area (Å²) in [7, 11) is 0. The van der Waals surface area contributed by atoms with Crippen LogP contribution in [0.25, 0.3) is 0 Å². The van der Waals surface area contributed by atoms with Crippen LogP contribution in [0, 0.1) is 0 Å². The van der Waals surface area contributed by atoms with Crippen molar-refractivity contribution in [3.63, 3.8) is 0 Å². The third-order valence-corrected chi connectivity index (χ3v) is 2.98. The predicted molar refractivity (Wildman–Crippen MR) is 71.7 cm³/mol. The molecule has 0 saturated carbocycles. The van der Waals surface area contributed by atoms with Gasteiger partial charge in [-0.2, -0.15) is 0 Å². The van der Waals surface area contributed by atoms with E-state index in [1.54, 1.807) is 0 Å². The van der Waals surface area contributed by atoms with Gasteiger partial charge in [0.25, 0.3) is 0 Å². The van der Waals surface area contributed by atoms with Gasteiger partial charge in [0.15, 0.2) is 11.5 Å². The second-order valence-corrected chi connectivity index (χ2v) is 4.44. The molecule has 0 amide bonds. The lowest BCUT2D eigenvalue weighted by molar-refractivity contribution is 0.174. The highest BCUT2D eigenvalue weighted by Crippen LogP contribution is 2.37. The largest absolute Gasteiger partial charge is 0.457 e. The van der Waals surface area contributed by atoms with E-state index in [1.807, 2.05) is 49.4 Å². The Hall–Kier alpha value is -2.20. The Labute approximate surface area is 111 Å². The van der Waals surface area contributed by atoms with Crippen molar-refractivity contribution in [3.8, 4) is 23.0 Å². The number of hydrogen-bond acceptors (Lipinski definition) is 4. The molecule has 98 valence electrons. The first-order valence-corrected chi connectivity index (χ1v) is 6.16. The van der Waals surface area contributed by atoms with Crippen LogP contribution in [0.5, 0.6) is 23.0 Å². The fourth-order valence-electron chi connectivity index (χ4n) is 2.02. The fourth-order valence-corrected chi connectivity index (χ4v) is 2.02. The maximum Gasteiger partial charge on any atom is 0.231 e. The summed E-state index contributed by atoms with van der Waals surface area (Å²) in [6.45, 7) is 2.19. The van der Waals surface area contributed by atoms with Crippen molar-refractivity contribution in [2.45, 2.75) is 13.0 Å². The molecule has 2 N–H and O–H groups in total. The van der Waals surface area contributed by atoms with Crippen LogP contribution in [0.1, 0.15) is 18.5 Å². The van der Waals surface area contributed by atoms with Gasteiger partial charge in [-0.15, -0.1) is 0 Å². The van der Waals surface area contributed by atoms with Crippen molar-refractivity contribution in [2.75, 3.05) is 6.79 Å². The molecule has 1 atom stereocenters. The summed E-state index contributed by atoms with van der Waals surface area (Å²) in [6.07, 6.45) is 0. The molecule has 0 saturated heterocycles. The molecule has 0 spiro atoms. The predicted octanol–water partition coefficient (Wildman–Crippen LogP) is 3.23. The zero-order chi connectivity index (χ0) is 13.2. The molecule has 4 nitrogen and oxygen atoms in total. The van der Waals surface area contributed by atoms with Crippen LogP contribution in [0.15, 0.2) is 42.5 Å². The van der Waals surface area contributed by atoms with Crippen LogP contribution in [-0.2, 0) is 0 Å². The minimum Gasteiger partial charge on any atom is -0.457 e. The molecule has 1 aliphatic rings. The molecule has 0 bridgehead atoms. The van der Waals surface area contributed by atoms with Gasteiger partial charge in [0.1, 0.15) is 11.5 Å². The van der Waals surface area contributed by atoms with E-state index in [9.17, 15) is 0 Å². The van der Waals surface area contributed by atoms with Crippen LogP contribution in [0.2, 0.25) is 0 Å². The molecule has 4 heteroatoms. The molecular formula is C15H15NO3. The lowest BCUT2D eigenvalue weighted by Gasteiger charge is -2.13. The average Bonchev–Trinajstić information content (AvgIpc) is 2.86. The first kappa shape index (κ1) is 11.9. The fraction of sp³-hybridized carbons (Fsp3) is 0.200. The number of nitrogens with two attached hydrogens (primary N) is 1. The smallest absolute Gasteiger partial charge is 0.231 e. The van der Waals surface area contributed by atoms with Crippen LogP contribution >= 0.6 is 0 Å². The van der Waals surface area contributed by atoms with Crippen molar-refractivity contribution in [3.05, 3.63) is 48.0 Å². The second-order valence-electron chi connectivity index (χ2n) is 4.44. The Kier molecular flexibility index (Phi) is 3.01. The molecule has 0 unspecified atom stereocenters. The summed E-state index contributed by atoms with van der Waals surface area (Å²) in [5, 5.41) is 0. The van der Waals surface area contributed by atoms with Gasteiger partial charge in [-0.05, 0) is 25.1 Å². The van der Waals surface area contributed by atoms with Gasteiger partial charge in [-0.1, -0.05) is 18.2 Å². The van der Waals surface area contributed by atoms with E-state index in [1.165, 1.54) is 0 Å². The lowest BCUT2D eigenvalue weighted by atomic mass is 10.1. The standard InChI is InChI=1S/C15H15NO3/c1-10(16)12-4-2-3-5-13(12)19-11-6-7-14-15(8-11)18-9-17-14/h2-8,10H,9,16H2,1H3/t10-/m0/s1. The number of ether oxygens (including phenoxy) is 3. The van der Waals surface area contributed by atoms with Crippen molar-refractivity contribution < 1.29 is 14.2 Å². The number of hydrogen-bond donors (Lipinski definition) is 1. The Balaban J connectivity index is 1.89. The van der Waals surface area contributed by atoms with E-state index in [-0.39, 0.29) is 12.8 Å². The van der Waals surface area contributed by atoms with Gasteiger partial charge in [0.05, 0.1) is 0 Å². The van der Waals surface area contributed by atoms with Crippen molar-refractivity contribution in [1.29, 1.82) is 0 Å². The van der Waals surface area contributed by atoms with Gasteiger partial charge in [0, 0.05) is 17.7 Å². The molecule has 0 radical (unpaired) electrons. The quantitative estimate of drug-likeness (QED) is 0.917. The molecule has 1 aliphatic heterocycles. The molecule has 3 rings (SSSR count). The van der Waals surface area contributed by atoms with E-state index in [0.29, 0.717) is 11.5 Å². The van der Waals surface area contributed by atoms with Gasteiger partial charge >= 0.3 is 0 Å². The maximum absolute atomic E-state index is 5.93. The highest BCUT2D eigenvalue weighted by molar-refractivity contribution is 5.48. The Morgan fingerprint density at radius 1 is 1.11 bits per heavy atom. The van der Waals surface area contributed by atoms with Gasteiger partial charge in [-0.3, -0.25) is 0 Å². The summed E-state index contributed by atoms with van der Waals surface area (Å²) in [6, 6.07) is 13.2. The number of benzene rings is 2. The van der Waals surface area contributed by atoms with Crippen molar-refractivity contribution in [1.82, 2.24) is 0 Å². The lowest BCUT2D eigenvalue weighted by Crippen LogP contribution is -2.06. The van der Waals surface area contributed by atoms with Crippen LogP contribution in [0.4, 0.5) is 0 Å². The molecule has 0 fully saturated rings. The van der Waals surface area contributed by atoms with E-state index in [0.717, 1.165) is 17.1 Å². The first-order valence-electron chi connectivity index (χ1n) is 6.16. The zero-order valence-electron chi connectivity index (χ0n) is 10.6. The number of rotatable bonds is 3. The molecule has 2 aromatic rings. The molecule has 19 heavy (non-hydrogen) atoms. The topological polar surface area (TPSA) is 53.7 Å². The third kappa shape index (κ3) is 2.35. The Morgan fingerprint density at radius 3 is 2.74 bits per heavy atom. The van der Waals surface area contributed by atoms with E-state index >= 15 is 0 Å². The van der Waals surface area contributed by atoms with Gasteiger partial charge < -0.3 is 19.9 Å². The second kappa shape index (κ2) is 4.82. The summed E-state index contributed by atoms with van der Waals surface area (Å²) in [5.41, 5.74) is 6.91. The Bertz CT molecular complexity index is 596. The zero-order valence-corrected chi connectivity index (χ0v) is 10.6. The number of fused-ring (bicyclic) bond motifs is 1. The van der Waals surface area contributed by atoms with Crippen LogP contribution < -0.4 is 19.9 Å². The van der Waals surface area contributed by atoms with Gasteiger partial charge in [-0.25, -0.2) is 0 Å². The van der Waals surface area contributed by atoms with E-state index < -0.39 is 0 Å². The van der Waals surface area contributed by atoms with Gasteiger partial charge in [0.2, 0.25) is 6.79 Å². The van der Waals surface area contributed by atoms with Crippen molar-refractivity contribution in [2.24, 2.45) is 5.73 Å². The average molecular weight is 257 g/mol. The van der Waals surface area contributed by atoms with Crippen LogP contribution in [0.3, 0.4) is 0 Å². The molecular weight excluding hydrogens is 242 g/mol. The summed E-state index contributed by atoms with van der Waals surface area (Å²) < 4.78 is 16.5. The summed E-state index contributed by atoms with van der Waals surface area (Å²) in [4.78, 5) is 0. The van der Waals surface area contributed by atoms with E-state index in [4.69, 9.17) is 19.9 Å². The monoisotopic (exact) mass is 257 g/mol. The molecule has 1 heterocycles. The molecule has 0 aliphatic carbocycles. The third-order valence-electron chi connectivity index (χ3n) is 2.98. The number of para-hydroxylation sites is 1. The maximum atomic E-state index is 5.93. The molecule has 2 aromatic carbocycles. The summed E-state index contributed by atoms with van der Waals surface area (Å²) in [5.74, 6) is 2.91. The SMILES string of the molecule is C[C@H](N)c1ccccc1Oc1ccc2c(c1)OCO2. The van der Waals surface area contributed by atoms with E-state index in [2.05, 4.69) is 0 Å². The summed E-state index contributed by atoms with van der Waals surface area (Å²) >= 11 is 0. The highest BCUT2D eigenvalue weighted by Gasteiger charge is 2.15. The van der Waals surface area contributed by atoms with Crippen molar-refractivity contribution >= 4 is 0 Å².